The Morgan fingerprint density at radius 1 is 1.56 bits per heavy atom. The molecular formula is C13H20ClN3O. The van der Waals surface area contributed by atoms with Crippen LogP contribution >= 0.6 is 11.6 Å². The number of pyridine rings is 1. The van der Waals surface area contributed by atoms with Gasteiger partial charge in [-0.25, -0.2) is 4.98 Å². The van der Waals surface area contributed by atoms with Crippen molar-refractivity contribution in [3.8, 4) is 0 Å². The lowest BCUT2D eigenvalue weighted by molar-refractivity contribution is 0.0639. The van der Waals surface area contributed by atoms with Gasteiger partial charge in [0.2, 0.25) is 0 Å². The van der Waals surface area contributed by atoms with Crippen LogP contribution in [0.5, 0.6) is 0 Å². The van der Waals surface area contributed by atoms with E-state index in [-0.39, 0.29) is 5.54 Å². The average Bonchev–Trinajstić information content (AvgIpc) is 2.32. The standard InChI is InChI=1S/C13H20ClN3O/c1-13(2)9-18-5-4-17(13)12-6-10(7-15-3)11(14)8-16-12/h6,8,15H,4-5,7,9H2,1-3H3. The highest BCUT2D eigenvalue weighted by molar-refractivity contribution is 6.31. The van der Waals surface area contributed by atoms with E-state index in [0.717, 1.165) is 37.7 Å². The van der Waals surface area contributed by atoms with Gasteiger partial charge in [-0.2, -0.15) is 0 Å². The molecule has 0 aromatic carbocycles. The summed E-state index contributed by atoms with van der Waals surface area (Å²) in [5, 5.41) is 3.83. The lowest BCUT2D eigenvalue weighted by atomic mass is 10.0. The van der Waals surface area contributed by atoms with E-state index in [1.807, 2.05) is 7.05 Å². The number of hydrogen-bond donors (Lipinski definition) is 1. The molecule has 2 rings (SSSR count). The fourth-order valence-electron chi connectivity index (χ4n) is 2.22. The van der Waals surface area contributed by atoms with Crippen LogP contribution in [0.15, 0.2) is 12.3 Å². The van der Waals surface area contributed by atoms with E-state index >= 15 is 0 Å². The van der Waals surface area contributed by atoms with Crippen LogP contribution in [0, 0.1) is 0 Å². The largest absolute Gasteiger partial charge is 0.377 e. The number of rotatable bonds is 3. The molecule has 0 atom stereocenters. The highest BCUT2D eigenvalue weighted by Crippen LogP contribution is 2.27. The summed E-state index contributed by atoms with van der Waals surface area (Å²) in [6.45, 7) is 7.41. The van der Waals surface area contributed by atoms with Crippen LogP contribution in [-0.4, -0.2) is 37.3 Å². The van der Waals surface area contributed by atoms with Crippen molar-refractivity contribution in [1.29, 1.82) is 0 Å². The van der Waals surface area contributed by atoms with Gasteiger partial charge in [0.15, 0.2) is 0 Å². The summed E-state index contributed by atoms with van der Waals surface area (Å²) in [4.78, 5) is 6.73. The van der Waals surface area contributed by atoms with Gasteiger partial charge in [0, 0.05) is 19.3 Å². The number of aromatic nitrogens is 1. The van der Waals surface area contributed by atoms with Crippen molar-refractivity contribution >= 4 is 17.4 Å². The summed E-state index contributed by atoms with van der Waals surface area (Å²) in [5.74, 6) is 0.970. The molecule has 4 nitrogen and oxygen atoms in total. The minimum Gasteiger partial charge on any atom is -0.377 e. The maximum Gasteiger partial charge on any atom is 0.129 e. The molecule has 1 aliphatic rings. The van der Waals surface area contributed by atoms with Crippen LogP contribution in [0.1, 0.15) is 19.4 Å². The van der Waals surface area contributed by atoms with Gasteiger partial charge in [-0.1, -0.05) is 11.6 Å². The molecule has 18 heavy (non-hydrogen) atoms. The molecule has 1 fully saturated rings. The van der Waals surface area contributed by atoms with Crippen molar-refractivity contribution in [3.05, 3.63) is 22.8 Å². The zero-order valence-corrected chi connectivity index (χ0v) is 11.9. The first kappa shape index (κ1) is 13.6. The number of ether oxygens (including phenoxy) is 1. The Hall–Kier alpha value is -0.840. The van der Waals surface area contributed by atoms with E-state index in [2.05, 4.69) is 35.1 Å². The number of nitrogens with zero attached hydrogens (tertiary/aromatic N) is 2. The summed E-state index contributed by atoms with van der Waals surface area (Å²) in [7, 11) is 1.91. The molecule has 1 saturated heterocycles. The number of nitrogens with one attached hydrogen (secondary N) is 1. The Kier molecular flexibility index (Phi) is 4.10. The van der Waals surface area contributed by atoms with E-state index in [9.17, 15) is 0 Å². The molecule has 0 unspecified atom stereocenters. The fourth-order valence-corrected chi connectivity index (χ4v) is 2.39. The van der Waals surface area contributed by atoms with Crippen LogP contribution in [-0.2, 0) is 11.3 Å². The maximum atomic E-state index is 6.14. The normalized spacial score (nSPS) is 19.0. The highest BCUT2D eigenvalue weighted by Gasteiger charge is 2.31. The Labute approximate surface area is 113 Å². The van der Waals surface area contributed by atoms with E-state index < -0.39 is 0 Å². The quantitative estimate of drug-likeness (QED) is 0.912. The van der Waals surface area contributed by atoms with E-state index in [1.54, 1.807) is 6.20 Å². The number of hydrogen-bond acceptors (Lipinski definition) is 4. The zero-order valence-electron chi connectivity index (χ0n) is 11.2. The molecule has 0 bridgehead atoms. The minimum atomic E-state index is -0.0318. The van der Waals surface area contributed by atoms with Gasteiger partial charge in [0.1, 0.15) is 5.82 Å². The Bertz CT molecular complexity index is 423. The van der Waals surface area contributed by atoms with Gasteiger partial charge in [0.25, 0.3) is 0 Å². The van der Waals surface area contributed by atoms with Crippen molar-refractivity contribution in [2.75, 3.05) is 31.7 Å². The third kappa shape index (κ3) is 2.76. The van der Waals surface area contributed by atoms with Crippen molar-refractivity contribution in [2.45, 2.75) is 25.9 Å². The molecular weight excluding hydrogens is 250 g/mol. The smallest absolute Gasteiger partial charge is 0.129 e. The Morgan fingerprint density at radius 3 is 3.00 bits per heavy atom. The predicted molar refractivity (Wildman–Crippen MR) is 74.3 cm³/mol. The summed E-state index contributed by atoms with van der Waals surface area (Å²) < 4.78 is 5.53. The van der Waals surface area contributed by atoms with E-state index in [1.165, 1.54) is 0 Å². The third-order valence-electron chi connectivity index (χ3n) is 3.21. The summed E-state index contributed by atoms with van der Waals surface area (Å²) in [5.41, 5.74) is 1.04. The third-order valence-corrected chi connectivity index (χ3v) is 3.55. The van der Waals surface area contributed by atoms with Gasteiger partial charge < -0.3 is 15.0 Å². The highest BCUT2D eigenvalue weighted by atomic mass is 35.5. The number of morpholine rings is 1. The summed E-state index contributed by atoms with van der Waals surface area (Å²) in [6.07, 6.45) is 1.73. The van der Waals surface area contributed by atoms with Crippen LogP contribution in [0.2, 0.25) is 5.02 Å². The first-order valence-corrected chi connectivity index (χ1v) is 6.57. The van der Waals surface area contributed by atoms with E-state index in [4.69, 9.17) is 16.3 Å². The topological polar surface area (TPSA) is 37.4 Å². The second kappa shape index (κ2) is 5.43. The molecule has 1 aliphatic heterocycles. The Balaban J connectivity index is 2.29. The van der Waals surface area contributed by atoms with Crippen molar-refractivity contribution in [1.82, 2.24) is 10.3 Å². The monoisotopic (exact) mass is 269 g/mol. The fraction of sp³-hybridized carbons (Fsp3) is 0.615. The molecule has 5 heteroatoms. The van der Waals surface area contributed by atoms with Crippen LogP contribution in [0.25, 0.3) is 0 Å². The Morgan fingerprint density at radius 2 is 2.33 bits per heavy atom. The number of anilines is 1. The molecule has 0 radical (unpaired) electrons. The van der Waals surface area contributed by atoms with Crippen LogP contribution in [0.3, 0.4) is 0 Å². The summed E-state index contributed by atoms with van der Waals surface area (Å²) >= 11 is 6.14. The van der Waals surface area contributed by atoms with Gasteiger partial charge in [0.05, 0.1) is 23.8 Å². The molecule has 0 saturated carbocycles. The molecule has 1 N–H and O–H groups in total. The van der Waals surface area contributed by atoms with Gasteiger partial charge in [-0.15, -0.1) is 0 Å². The van der Waals surface area contributed by atoms with Gasteiger partial charge in [-0.05, 0) is 32.5 Å². The first-order valence-electron chi connectivity index (χ1n) is 6.19. The molecule has 1 aromatic heterocycles. The van der Waals surface area contributed by atoms with Crippen molar-refractivity contribution in [2.24, 2.45) is 0 Å². The zero-order chi connectivity index (χ0) is 13.2. The van der Waals surface area contributed by atoms with Crippen molar-refractivity contribution < 1.29 is 4.74 Å². The van der Waals surface area contributed by atoms with Crippen molar-refractivity contribution in [3.63, 3.8) is 0 Å². The van der Waals surface area contributed by atoms with Gasteiger partial charge in [-0.3, -0.25) is 0 Å². The minimum absolute atomic E-state index is 0.0318. The molecule has 0 amide bonds. The predicted octanol–water partition coefficient (Wildman–Crippen LogP) is 2.07. The second-order valence-electron chi connectivity index (χ2n) is 5.18. The number of halogens is 1. The molecule has 2 heterocycles. The molecule has 100 valence electrons. The second-order valence-corrected chi connectivity index (χ2v) is 5.59. The first-order chi connectivity index (χ1) is 8.54. The van der Waals surface area contributed by atoms with Gasteiger partial charge >= 0.3 is 0 Å². The van der Waals surface area contributed by atoms with Crippen LogP contribution in [0.4, 0.5) is 5.82 Å². The molecule has 0 spiro atoms. The SMILES string of the molecule is CNCc1cc(N2CCOCC2(C)C)ncc1Cl. The molecule has 1 aromatic rings. The lowest BCUT2D eigenvalue weighted by Gasteiger charge is -2.43. The average molecular weight is 270 g/mol. The lowest BCUT2D eigenvalue weighted by Crippen LogP contribution is -2.53. The molecule has 0 aliphatic carbocycles. The summed E-state index contributed by atoms with van der Waals surface area (Å²) in [6, 6.07) is 2.06. The maximum absolute atomic E-state index is 6.14. The van der Waals surface area contributed by atoms with Crippen LogP contribution < -0.4 is 10.2 Å². The van der Waals surface area contributed by atoms with E-state index in [0.29, 0.717) is 5.02 Å².